The number of anilines is 2. The van der Waals surface area contributed by atoms with Gasteiger partial charge in [0.2, 0.25) is 0 Å². The summed E-state index contributed by atoms with van der Waals surface area (Å²) in [6.07, 6.45) is -7.72. The van der Waals surface area contributed by atoms with Crippen LogP contribution in [-0.4, -0.2) is 57.5 Å². The average Bonchev–Trinajstić information content (AvgIpc) is 3.44. The molecule has 2 aliphatic heterocycles. The van der Waals surface area contributed by atoms with Crippen LogP contribution in [0.3, 0.4) is 0 Å². The fourth-order valence-electron chi connectivity index (χ4n) is 5.57. The first kappa shape index (κ1) is 32.2. The molecule has 2 aliphatic rings. The van der Waals surface area contributed by atoms with Crippen molar-refractivity contribution >= 4 is 11.5 Å². The van der Waals surface area contributed by atoms with Crippen molar-refractivity contribution in [3.05, 3.63) is 87.2 Å². The fraction of sp³-hybridized carbons (Fsp3) is 0.400. The van der Waals surface area contributed by atoms with Crippen LogP contribution in [0.25, 0.3) is 0 Å². The van der Waals surface area contributed by atoms with Gasteiger partial charge in [-0.1, -0.05) is 12.1 Å². The summed E-state index contributed by atoms with van der Waals surface area (Å²) in [5.41, 5.74) is -2.10. The zero-order valence-electron chi connectivity index (χ0n) is 25.1. The van der Waals surface area contributed by atoms with E-state index in [9.17, 15) is 31.1 Å². The van der Waals surface area contributed by atoms with Crippen LogP contribution in [0.5, 0.6) is 11.5 Å². The van der Waals surface area contributed by atoms with E-state index in [1.54, 1.807) is 41.9 Å². The lowest BCUT2D eigenvalue weighted by molar-refractivity contribution is -0.139. The standard InChI is InChI=1S/C30H29F6N7O4/c1-17(39-22-12-38-43(28(44)26(22)30(34,35)36)13-18-3-5-21(45-2)6-4-18)14-46-15-20-10-23-24-16-47-25-9-19(29(31,32)33)11-37-27(25)41(24)7-8-42(23)40-20/h3-6,9-12,17,24,39H,7-8,13-16H2,1-2H3/t17-,24?/m0/s1. The molecule has 11 nitrogen and oxygen atoms in total. The molecule has 0 radical (unpaired) electrons. The number of ether oxygens (including phenoxy) is 3. The molecular weight excluding hydrogens is 636 g/mol. The summed E-state index contributed by atoms with van der Waals surface area (Å²) in [4.78, 5) is 18.8. The second-order valence-electron chi connectivity index (χ2n) is 11.1. The van der Waals surface area contributed by atoms with Gasteiger partial charge >= 0.3 is 12.4 Å². The summed E-state index contributed by atoms with van der Waals surface area (Å²) < 4.78 is 100. The van der Waals surface area contributed by atoms with Crippen molar-refractivity contribution in [1.82, 2.24) is 24.5 Å². The van der Waals surface area contributed by atoms with Crippen LogP contribution in [0.15, 0.2) is 53.6 Å². The highest BCUT2D eigenvalue weighted by Crippen LogP contribution is 2.42. The Morgan fingerprint density at radius 3 is 2.53 bits per heavy atom. The number of benzene rings is 1. The fourth-order valence-corrected chi connectivity index (χ4v) is 5.57. The van der Waals surface area contributed by atoms with E-state index in [1.165, 1.54) is 7.11 Å². The van der Waals surface area contributed by atoms with Crippen molar-refractivity contribution in [2.45, 2.75) is 51.1 Å². The lowest BCUT2D eigenvalue weighted by atomic mass is 10.1. The number of alkyl halides is 6. The number of nitrogens with zero attached hydrogens (tertiary/aromatic N) is 6. The maximum atomic E-state index is 14.0. The highest BCUT2D eigenvalue weighted by molar-refractivity contribution is 5.57. The van der Waals surface area contributed by atoms with Gasteiger partial charge in [-0.15, -0.1) is 0 Å². The van der Waals surface area contributed by atoms with E-state index in [2.05, 4.69) is 20.5 Å². The molecule has 2 atom stereocenters. The van der Waals surface area contributed by atoms with Crippen molar-refractivity contribution in [3.8, 4) is 11.5 Å². The minimum Gasteiger partial charge on any atom is -0.497 e. The molecule has 1 N–H and O–H groups in total. The van der Waals surface area contributed by atoms with Crippen LogP contribution < -0.4 is 25.2 Å². The molecule has 0 spiro atoms. The molecule has 0 saturated heterocycles. The van der Waals surface area contributed by atoms with E-state index in [0.717, 1.165) is 28.8 Å². The first-order chi connectivity index (χ1) is 22.3. The number of pyridine rings is 1. The number of fused-ring (bicyclic) bond motifs is 5. The number of nitrogens with one attached hydrogen (secondary N) is 1. The Morgan fingerprint density at radius 1 is 1.06 bits per heavy atom. The second kappa shape index (κ2) is 12.4. The van der Waals surface area contributed by atoms with Crippen molar-refractivity contribution in [3.63, 3.8) is 0 Å². The van der Waals surface area contributed by atoms with Crippen molar-refractivity contribution in [2.75, 3.05) is 37.1 Å². The van der Waals surface area contributed by atoms with Gasteiger partial charge in [-0.3, -0.25) is 9.48 Å². The third-order valence-electron chi connectivity index (χ3n) is 7.80. The monoisotopic (exact) mass is 665 g/mol. The molecule has 5 heterocycles. The highest BCUT2D eigenvalue weighted by atomic mass is 19.4. The van der Waals surface area contributed by atoms with Crippen LogP contribution in [0.2, 0.25) is 0 Å². The van der Waals surface area contributed by atoms with Gasteiger partial charge < -0.3 is 24.4 Å². The van der Waals surface area contributed by atoms with Crippen LogP contribution in [-0.2, 0) is 36.8 Å². The lowest BCUT2D eigenvalue weighted by Crippen LogP contribution is -2.44. The maximum absolute atomic E-state index is 14.0. The normalized spacial score (nSPS) is 16.5. The predicted molar refractivity (Wildman–Crippen MR) is 155 cm³/mol. The Morgan fingerprint density at radius 2 is 1.83 bits per heavy atom. The van der Waals surface area contributed by atoms with Crippen LogP contribution in [0, 0.1) is 0 Å². The summed E-state index contributed by atoms with van der Waals surface area (Å²) in [7, 11) is 1.49. The second-order valence-corrected chi connectivity index (χ2v) is 11.1. The van der Waals surface area contributed by atoms with Gasteiger partial charge in [0.05, 0.1) is 62.2 Å². The summed E-state index contributed by atoms with van der Waals surface area (Å²) in [5, 5.41) is 11.2. The van der Waals surface area contributed by atoms with E-state index in [-0.39, 0.29) is 38.2 Å². The van der Waals surface area contributed by atoms with Gasteiger partial charge in [-0.05, 0) is 36.8 Å². The van der Waals surface area contributed by atoms with Gasteiger partial charge in [0.15, 0.2) is 11.6 Å². The Bertz CT molecular complexity index is 1810. The minimum absolute atomic E-state index is 0.0219. The van der Waals surface area contributed by atoms with Crippen molar-refractivity contribution in [2.24, 2.45) is 0 Å². The zero-order valence-corrected chi connectivity index (χ0v) is 25.1. The lowest BCUT2D eigenvalue weighted by Gasteiger charge is -2.40. The van der Waals surface area contributed by atoms with E-state index in [1.807, 2.05) is 4.90 Å². The summed E-state index contributed by atoms with van der Waals surface area (Å²) in [6, 6.07) is 8.30. The van der Waals surface area contributed by atoms with E-state index < -0.39 is 40.8 Å². The maximum Gasteiger partial charge on any atom is 0.423 e. The summed E-state index contributed by atoms with van der Waals surface area (Å²) in [6.45, 7) is 2.45. The molecule has 47 heavy (non-hydrogen) atoms. The van der Waals surface area contributed by atoms with Gasteiger partial charge in [-0.25, -0.2) is 9.67 Å². The Labute approximate surface area is 263 Å². The number of hydrogen-bond acceptors (Lipinski definition) is 9. The minimum atomic E-state index is -4.94. The van der Waals surface area contributed by atoms with E-state index in [4.69, 9.17) is 14.2 Å². The Kier molecular flexibility index (Phi) is 8.50. The molecule has 1 aromatic carbocycles. The summed E-state index contributed by atoms with van der Waals surface area (Å²) in [5.74, 6) is 0.948. The third-order valence-corrected chi connectivity index (χ3v) is 7.80. The van der Waals surface area contributed by atoms with Crippen molar-refractivity contribution in [1.29, 1.82) is 0 Å². The molecule has 0 amide bonds. The molecule has 17 heteroatoms. The zero-order chi connectivity index (χ0) is 33.5. The number of aromatic nitrogens is 5. The van der Waals surface area contributed by atoms with Gasteiger partial charge in [0.25, 0.3) is 5.56 Å². The van der Waals surface area contributed by atoms with E-state index >= 15 is 0 Å². The quantitative estimate of drug-likeness (QED) is 0.250. The van der Waals surface area contributed by atoms with E-state index in [0.29, 0.717) is 35.9 Å². The Balaban J connectivity index is 1.09. The van der Waals surface area contributed by atoms with Gasteiger partial charge in [0.1, 0.15) is 24.0 Å². The number of halogens is 6. The molecule has 0 bridgehead atoms. The van der Waals surface area contributed by atoms with Crippen LogP contribution >= 0.6 is 0 Å². The first-order valence-electron chi connectivity index (χ1n) is 14.5. The van der Waals surface area contributed by atoms with Crippen LogP contribution in [0.4, 0.5) is 37.8 Å². The average molecular weight is 666 g/mol. The molecule has 6 rings (SSSR count). The molecule has 0 saturated carbocycles. The van der Waals surface area contributed by atoms with Crippen molar-refractivity contribution < 1.29 is 40.6 Å². The molecule has 250 valence electrons. The Hall–Kier alpha value is -4.80. The smallest absolute Gasteiger partial charge is 0.423 e. The largest absolute Gasteiger partial charge is 0.497 e. The van der Waals surface area contributed by atoms with Gasteiger partial charge in [-0.2, -0.15) is 36.5 Å². The number of hydrogen-bond donors (Lipinski definition) is 1. The summed E-state index contributed by atoms with van der Waals surface area (Å²) >= 11 is 0. The van der Waals surface area contributed by atoms with Gasteiger partial charge in [0, 0.05) is 18.8 Å². The molecule has 1 unspecified atom stereocenters. The topological polar surface area (TPSA) is 109 Å². The third kappa shape index (κ3) is 6.70. The number of methoxy groups -OCH3 is 1. The molecule has 0 aliphatic carbocycles. The molecular formula is C30H29F6N7O4. The highest BCUT2D eigenvalue weighted by Gasteiger charge is 2.40. The SMILES string of the molecule is COc1ccc(Cn2ncc(N[C@@H](C)COCc3cc4n(n3)CCN3c5ncc(C(F)(F)F)cc5OCC43)c(C(F)(F)F)c2=O)cc1. The molecule has 4 aromatic rings. The van der Waals surface area contributed by atoms with Crippen LogP contribution in [0.1, 0.15) is 41.0 Å². The number of rotatable bonds is 9. The molecule has 0 fully saturated rings. The first-order valence-corrected chi connectivity index (χ1v) is 14.5. The predicted octanol–water partition coefficient (Wildman–Crippen LogP) is 4.90. The molecule has 3 aromatic heterocycles.